The van der Waals surface area contributed by atoms with Crippen molar-refractivity contribution in [1.29, 1.82) is 0 Å². The van der Waals surface area contributed by atoms with Crippen LogP contribution < -0.4 is 5.32 Å². The van der Waals surface area contributed by atoms with Crippen molar-refractivity contribution in [3.63, 3.8) is 0 Å². The predicted molar refractivity (Wildman–Crippen MR) is 69.5 cm³/mol. The van der Waals surface area contributed by atoms with Crippen LogP contribution in [0.4, 0.5) is 4.39 Å². The fourth-order valence-electron chi connectivity index (χ4n) is 2.79. The number of halogens is 1. The van der Waals surface area contributed by atoms with Gasteiger partial charge in [0, 0.05) is 12.6 Å². The Morgan fingerprint density at radius 1 is 1.24 bits per heavy atom. The monoisotopic (exact) mass is 235 g/mol. The third-order valence-electron chi connectivity index (χ3n) is 3.79. The standard InChI is InChI=1S/C15H22FN/c1-10-4-5-14(6-10)17-9-13-7-11(2)15(16)12(3)8-13/h7-8,10,14,17H,4-6,9H2,1-3H3. The topological polar surface area (TPSA) is 12.0 Å². The van der Waals surface area contributed by atoms with Crippen LogP contribution in [-0.4, -0.2) is 6.04 Å². The first-order valence-corrected chi connectivity index (χ1v) is 6.55. The lowest BCUT2D eigenvalue weighted by Gasteiger charge is -2.13. The largest absolute Gasteiger partial charge is 0.310 e. The Balaban J connectivity index is 1.95. The average molecular weight is 235 g/mol. The van der Waals surface area contributed by atoms with Gasteiger partial charge in [-0.1, -0.05) is 19.1 Å². The third kappa shape index (κ3) is 3.06. The summed E-state index contributed by atoms with van der Waals surface area (Å²) in [4.78, 5) is 0. The smallest absolute Gasteiger partial charge is 0.129 e. The highest BCUT2D eigenvalue weighted by molar-refractivity contribution is 5.30. The zero-order valence-electron chi connectivity index (χ0n) is 11.0. The van der Waals surface area contributed by atoms with Gasteiger partial charge >= 0.3 is 0 Å². The van der Waals surface area contributed by atoms with E-state index in [2.05, 4.69) is 12.2 Å². The fourth-order valence-corrected chi connectivity index (χ4v) is 2.79. The highest BCUT2D eigenvalue weighted by Gasteiger charge is 2.20. The highest BCUT2D eigenvalue weighted by atomic mass is 19.1. The van der Waals surface area contributed by atoms with Crippen LogP contribution in [0.3, 0.4) is 0 Å². The molecular weight excluding hydrogens is 213 g/mol. The van der Waals surface area contributed by atoms with Gasteiger partial charge in [0.15, 0.2) is 0 Å². The normalized spacial score (nSPS) is 24.2. The van der Waals surface area contributed by atoms with E-state index in [1.807, 2.05) is 26.0 Å². The molecule has 0 saturated heterocycles. The lowest BCUT2D eigenvalue weighted by molar-refractivity contribution is 0.501. The quantitative estimate of drug-likeness (QED) is 0.842. The Hall–Kier alpha value is -0.890. The molecule has 2 atom stereocenters. The molecule has 1 aromatic carbocycles. The minimum absolute atomic E-state index is 0.0664. The van der Waals surface area contributed by atoms with Gasteiger partial charge in [-0.2, -0.15) is 0 Å². The van der Waals surface area contributed by atoms with Crippen molar-refractivity contribution in [3.05, 3.63) is 34.6 Å². The van der Waals surface area contributed by atoms with E-state index in [4.69, 9.17) is 0 Å². The molecule has 1 N–H and O–H groups in total. The summed E-state index contributed by atoms with van der Waals surface area (Å²) < 4.78 is 13.5. The van der Waals surface area contributed by atoms with Crippen LogP contribution in [0.5, 0.6) is 0 Å². The van der Waals surface area contributed by atoms with Crippen LogP contribution in [0.2, 0.25) is 0 Å². The lowest BCUT2D eigenvalue weighted by Crippen LogP contribution is -2.25. The Bertz CT molecular complexity index is 377. The van der Waals surface area contributed by atoms with Crippen molar-refractivity contribution in [1.82, 2.24) is 5.32 Å². The van der Waals surface area contributed by atoms with Crippen molar-refractivity contribution >= 4 is 0 Å². The molecule has 0 aromatic heterocycles. The van der Waals surface area contributed by atoms with Crippen LogP contribution in [0.1, 0.15) is 42.9 Å². The molecule has 1 aliphatic rings. The lowest BCUT2D eigenvalue weighted by atomic mass is 10.1. The van der Waals surface area contributed by atoms with E-state index >= 15 is 0 Å². The number of aryl methyl sites for hydroxylation is 2. The molecule has 2 rings (SSSR count). The maximum absolute atomic E-state index is 13.5. The van der Waals surface area contributed by atoms with E-state index in [9.17, 15) is 4.39 Å². The van der Waals surface area contributed by atoms with Gasteiger partial charge in [-0.25, -0.2) is 4.39 Å². The minimum atomic E-state index is -0.0664. The van der Waals surface area contributed by atoms with Gasteiger partial charge in [-0.05, 0) is 55.7 Å². The summed E-state index contributed by atoms with van der Waals surface area (Å²) in [6.07, 6.45) is 3.89. The third-order valence-corrected chi connectivity index (χ3v) is 3.79. The molecule has 0 spiro atoms. The zero-order valence-corrected chi connectivity index (χ0v) is 11.0. The molecule has 1 aromatic rings. The van der Waals surface area contributed by atoms with Gasteiger partial charge in [0.1, 0.15) is 5.82 Å². The van der Waals surface area contributed by atoms with Gasteiger partial charge in [0.25, 0.3) is 0 Å². The molecule has 0 amide bonds. The van der Waals surface area contributed by atoms with Crippen LogP contribution >= 0.6 is 0 Å². The van der Waals surface area contributed by atoms with E-state index in [0.717, 1.165) is 23.6 Å². The first kappa shape index (κ1) is 12.6. The van der Waals surface area contributed by atoms with Gasteiger partial charge in [0.05, 0.1) is 0 Å². The molecule has 0 radical (unpaired) electrons. The van der Waals surface area contributed by atoms with E-state index < -0.39 is 0 Å². The number of nitrogens with one attached hydrogen (secondary N) is 1. The molecule has 0 heterocycles. The Kier molecular flexibility index (Phi) is 3.82. The maximum atomic E-state index is 13.5. The fraction of sp³-hybridized carbons (Fsp3) is 0.600. The van der Waals surface area contributed by atoms with E-state index in [0.29, 0.717) is 6.04 Å². The molecule has 2 unspecified atom stereocenters. The highest BCUT2D eigenvalue weighted by Crippen LogP contribution is 2.25. The average Bonchev–Trinajstić information content (AvgIpc) is 2.69. The number of benzene rings is 1. The molecule has 0 aliphatic heterocycles. The molecule has 1 aliphatic carbocycles. The van der Waals surface area contributed by atoms with E-state index in [-0.39, 0.29) is 5.82 Å². The molecule has 94 valence electrons. The predicted octanol–water partition coefficient (Wildman–Crippen LogP) is 3.72. The molecule has 0 bridgehead atoms. The van der Waals surface area contributed by atoms with Crippen molar-refractivity contribution in [2.45, 2.75) is 52.6 Å². The van der Waals surface area contributed by atoms with Crippen LogP contribution in [-0.2, 0) is 6.54 Å². The van der Waals surface area contributed by atoms with E-state index in [1.165, 1.54) is 24.8 Å². The Labute approximate surface area is 103 Å². The molecule has 17 heavy (non-hydrogen) atoms. The molecule has 1 nitrogen and oxygen atoms in total. The van der Waals surface area contributed by atoms with Crippen molar-refractivity contribution in [3.8, 4) is 0 Å². The minimum Gasteiger partial charge on any atom is -0.310 e. The summed E-state index contributed by atoms with van der Waals surface area (Å²) >= 11 is 0. The SMILES string of the molecule is Cc1cc(CNC2CCC(C)C2)cc(C)c1F. The Morgan fingerprint density at radius 3 is 2.41 bits per heavy atom. The summed E-state index contributed by atoms with van der Waals surface area (Å²) in [6.45, 7) is 6.85. The van der Waals surface area contributed by atoms with Gasteiger partial charge in [-0.15, -0.1) is 0 Å². The molecule has 1 saturated carbocycles. The second-order valence-electron chi connectivity index (χ2n) is 5.54. The summed E-state index contributed by atoms with van der Waals surface area (Å²) in [7, 11) is 0. The van der Waals surface area contributed by atoms with E-state index in [1.54, 1.807) is 0 Å². The Morgan fingerprint density at radius 2 is 1.88 bits per heavy atom. The molecule has 2 heteroatoms. The summed E-state index contributed by atoms with van der Waals surface area (Å²) in [5.74, 6) is 0.785. The number of hydrogen-bond acceptors (Lipinski definition) is 1. The summed E-state index contributed by atoms with van der Waals surface area (Å²) in [5.41, 5.74) is 2.70. The van der Waals surface area contributed by atoms with Crippen molar-refractivity contribution < 1.29 is 4.39 Å². The summed E-state index contributed by atoms with van der Waals surface area (Å²) in [6, 6.07) is 4.55. The van der Waals surface area contributed by atoms with Crippen LogP contribution in [0.15, 0.2) is 12.1 Å². The van der Waals surface area contributed by atoms with Gasteiger partial charge in [-0.3, -0.25) is 0 Å². The second-order valence-corrected chi connectivity index (χ2v) is 5.54. The molecule has 1 fully saturated rings. The van der Waals surface area contributed by atoms with Crippen molar-refractivity contribution in [2.24, 2.45) is 5.92 Å². The van der Waals surface area contributed by atoms with Crippen LogP contribution in [0, 0.1) is 25.6 Å². The zero-order chi connectivity index (χ0) is 12.4. The maximum Gasteiger partial charge on any atom is 0.129 e. The van der Waals surface area contributed by atoms with Crippen molar-refractivity contribution in [2.75, 3.05) is 0 Å². The number of rotatable bonds is 3. The van der Waals surface area contributed by atoms with Gasteiger partial charge in [0.2, 0.25) is 0 Å². The first-order valence-electron chi connectivity index (χ1n) is 6.55. The second kappa shape index (κ2) is 5.18. The van der Waals surface area contributed by atoms with Gasteiger partial charge < -0.3 is 5.32 Å². The number of hydrogen-bond donors (Lipinski definition) is 1. The van der Waals surface area contributed by atoms with Crippen LogP contribution in [0.25, 0.3) is 0 Å². The first-order chi connectivity index (χ1) is 8.06. The summed E-state index contributed by atoms with van der Waals surface area (Å²) in [5, 5.41) is 3.58. The molecular formula is C15H22FN.